The zero-order valence-corrected chi connectivity index (χ0v) is 8.74. The number of esters is 1. The molecule has 0 aliphatic rings. The van der Waals surface area contributed by atoms with Crippen LogP contribution in [0.5, 0.6) is 0 Å². The van der Waals surface area contributed by atoms with Gasteiger partial charge in [0.25, 0.3) is 5.78 Å². The normalized spacial score (nSPS) is 11.2. The number of rotatable bonds is 4. The topological polar surface area (TPSA) is 61.2 Å². The number of hydrogen-bond donors (Lipinski definition) is 0. The zero-order valence-electron chi connectivity index (χ0n) is 8.74. The zero-order chi connectivity index (χ0) is 12.3. The van der Waals surface area contributed by atoms with E-state index in [2.05, 4.69) is 9.72 Å². The Morgan fingerprint density at radius 2 is 2.19 bits per heavy atom. The number of Topliss-reactive ketones (excluding diaryl/α,β-unsaturated/α-hetero) is 1. The lowest BCUT2D eigenvalue weighted by Gasteiger charge is -2.12. The summed E-state index contributed by atoms with van der Waals surface area (Å²) in [6, 6.07) is 0. The summed E-state index contributed by atoms with van der Waals surface area (Å²) in [5.41, 5.74) is 0. The predicted molar refractivity (Wildman–Crippen MR) is 49.1 cm³/mol. The molecule has 5 nitrogen and oxygen atoms in total. The van der Waals surface area contributed by atoms with Crippen LogP contribution < -0.4 is 0 Å². The lowest BCUT2D eigenvalue weighted by molar-refractivity contribution is -0.164. The van der Waals surface area contributed by atoms with Gasteiger partial charge >= 0.3 is 11.9 Å². The van der Waals surface area contributed by atoms with Gasteiger partial charge in [0.1, 0.15) is 0 Å². The molecule has 1 heterocycles. The van der Waals surface area contributed by atoms with Crippen LogP contribution in [0, 0.1) is 0 Å². The van der Waals surface area contributed by atoms with Gasteiger partial charge in [-0.2, -0.15) is 8.78 Å². The first kappa shape index (κ1) is 12.3. The van der Waals surface area contributed by atoms with E-state index in [9.17, 15) is 18.4 Å². The average Bonchev–Trinajstić information content (AvgIpc) is 2.63. The number of ketones is 1. The summed E-state index contributed by atoms with van der Waals surface area (Å²) in [5.74, 6) is -8.21. The Bertz CT molecular complexity index is 415. The molecule has 0 fully saturated rings. The van der Waals surface area contributed by atoms with E-state index >= 15 is 0 Å². The minimum atomic E-state index is -4.20. The van der Waals surface area contributed by atoms with Crippen molar-refractivity contribution in [1.29, 1.82) is 0 Å². The molecule has 88 valence electrons. The maximum absolute atomic E-state index is 13.3. The molecule has 0 saturated carbocycles. The molecule has 1 aromatic rings. The van der Waals surface area contributed by atoms with E-state index in [4.69, 9.17) is 0 Å². The number of aromatic nitrogens is 2. The first-order valence-corrected chi connectivity index (χ1v) is 4.48. The number of ether oxygens (including phenoxy) is 1. The van der Waals surface area contributed by atoms with Crippen molar-refractivity contribution < 1.29 is 23.1 Å². The second-order valence-electron chi connectivity index (χ2n) is 2.99. The maximum Gasteiger partial charge on any atom is 0.407 e. The molecular formula is C9H10F2N2O3. The summed E-state index contributed by atoms with van der Waals surface area (Å²) in [6.45, 7) is 1.15. The highest BCUT2D eigenvalue weighted by atomic mass is 19.3. The summed E-state index contributed by atoms with van der Waals surface area (Å²) in [6.07, 6.45) is 2.52. The smallest absolute Gasteiger partial charge is 0.407 e. The fourth-order valence-electron chi connectivity index (χ4n) is 1.04. The van der Waals surface area contributed by atoms with Crippen LogP contribution in [0.1, 0.15) is 17.5 Å². The molecule has 0 atom stereocenters. The Morgan fingerprint density at radius 1 is 1.56 bits per heavy atom. The van der Waals surface area contributed by atoms with Gasteiger partial charge < -0.3 is 9.30 Å². The molecule has 0 aromatic carbocycles. The van der Waals surface area contributed by atoms with Crippen LogP contribution in [-0.4, -0.2) is 33.8 Å². The van der Waals surface area contributed by atoms with E-state index in [0.717, 1.165) is 4.57 Å². The molecule has 0 spiro atoms. The van der Waals surface area contributed by atoms with Gasteiger partial charge in [0.2, 0.25) is 0 Å². The molecule has 0 saturated heterocycles. The molecule has 1 aromatic heterocycles. The molecule has 0 unspecified atom stereocenters. The first-order chi connectivity index (χ1) is 7.41. The molecule has 0 amide bonds. The minimum Gasteiger partial charge on any atom is -0.461 e. The van der Waals surface area contributed by atoms with Gasteiger partial charge in [0.15, 0.2) is 5.82 Å². The number of alkyl halides is 2. The Labute approximate surface area is 90.0 Å². The third-order valence-corrected chi connectivity index (χ3v) is 1.84. The van der Waals surface area contributed by atoms with Crippen LogP contribution in [0.2, 0.25) is 0 Å². The predicted octanol–water partition coefficient (Wildman–Crippen LogP) is 0.801. The summed E-state index contributed by atoms with van der Waals surface area (Å²) in [7, 11) is 1.38. The maximum atomic E-state index is 13.3. The highest BCUT2D eigenvalue weighted by Crippen LogP contribution is 2.20. The summed E-state index contributed by atoms with van der Waals surface area (Å²) in [5, 5.41) is 0. The fourth-order valence-corrected chi connectivity index (χ4v) is 1.04. The van der Waals surface area contributed by atoms with Crippen LogP contribution >= 0.6 is 0 Å². The molecule has 0 radical (unpaired) electrons. The van der Waals surface area contributed by atoms with Gasteiger partial charge in [0, 0.05) is 19.4 Å². The number of hydrogen-bond acceptors (Lipinski definition) is 4. The van der Waals surface area contributed by atoms with E-state index in [1.54, 1.807) is 0 Å². The van der Waals surface area contributed by atoms with Crippen molar-refractivity contribution in [3.05, 3.63) is 18.2 Å². The molecule has 0 aliphatic carbocycles. The average molecular weight is 232 g/mol. The van der Waals surface area contributed by atoms with Crippen molar-refractivity contribution in [2.75, 3.05) is 6.61 Å². The van der Waals surface area contributed by atoms with Crippen LogP contribution in [0.4, 0.5) is 8.78 Å². The van der Waals surface area contributed by atoms with Crippen LogP contribution in [-0.2, 0) is 16.6 Å². The van der Waals surface area contributed by atoms with E-state index in [1.807, 2.05) is 0 Å². The standard InChI is InChI=1S/C9H10F2N2O3/c1-3-16-8(15)9(10,11)6(14)7-12-4-5-13(7)2/h4-5H,3H2,1-2H3. The molecule has 7 heteroatoms. The fraction of sp³-hybridized carbons (Fsp3) is 0.444. The minimum absolute atomic E-state index is 0.220. The Hall–Kier alpha value is -1.79. The van der Waals surface area contributed by atoms with Crippen molar-refractivity contribution >= 4 is 11.8 Å². The van der Waals surface area contributed by atoms with Gasteiger partial charge in [-0.25, -0.2) is 9.78 Å². The number of halogens is 2. The number of aryl methyl sites for hydroxylation is 1. The van der Waals surface area contributed by atoms with Crippen molar-refractivity contribution in [2.45, 2.75) is 12.8 Å². The largest absolute Gasteiger partial charge is 0.461 e. The van der Waals surface area contributed by atoms with E-state index in [1.165, 1.54) is 26.4 Å². The van der Waals surface area contributed by atoms with Crippen molar-refractivity contribution in [1.82, 2.24) is 9.55 Å². The van der Waals surface area contributed by atoms with E-state index in [0.29, 0.717) is 0 Å². The van der Waals surface area contributed by atoms with E-state index in [-0.39, 0.29) is 6.61 Å². The van der Waals surface area contributed by atoms with Crippen LogP contribution in [0.25, 0.3) is 0 Å². The highest BCUT2D eigenvalue weighted by molar-refractivity contribution is 6.12. The Morgan fingerprint density at radius 3 is 2.62 bits per heavy atom. The van der Waals surface area contributed by atoms with Gasteiger partial charge in [-0.3, -0.25) is 4.79 Å². The van der Waals surface area contributed by atoms with Crippen molar-refractivity contribution in [2.24, 2.45) is 7.05 Å². The molecule has 1 rings (SSSR count). The van der Waals surface area contributed by atoms with Crippen LogP contribution in [0.3, 0.4) is 0 Å². The SMILES string of the molecule is CCOC(=O)C(F)(F)C(=O)c1nccn1C. The van der Waals surface area contributed by atoms with E-state index < -0.39 is 23.5 Å². The van der Waals surface area contributed by atoms with Gasteiger partial charge in [-0.15, -0.1) is 0 Å². The summed E-state index contributed by atoms with van der Waals surface area (Å²) in [4.78, 5) is 25.7. The van der Waals surface area contributed by atoms with Gasteiger partial charge in [-0.05, 0) is 6.92 Å². The Kier molecular flexibility index (Phi) is 3.36. The van der Waals surface area contributed by atoms with Gasteiger partial charge in [-0.1, -0.05) is 0 Å². The second-order valence-corrected chi connectivity index (χ2v) is 2.99. The first-order valence-electron chi connectivity index (χ1n) is 4.48. The summed E-state index contributed by atoms with van der Waals surface area (Å²) >= 11 is 0. The monoisotopic (exact) mass is 232 g/mol. The highest BCUT2D eigenvalue weighted by Gasteiger charge is 2.50. The van der Waals surface area contributed by atoms with Crippen molar-refractivity contribution in [3.8, 4) is 0 Å². The van der Waals surface area contributed by atoms with Gasteiger partial charge in [0.05, 0.1) is 6.61 Å². The third-order valence-electron chi connectivity index (χ3n) is 1.84. The molecule has 0 bridgehead atoms. The second kappa shape index (κ2) is 4.38. The van der Waals surface area contributed by atoms with Crippen molar-refractivity contribution in [3.63, 3.8) is 0 Å². The number of carbonyl (C=O) groups excluding carboxylic acids is 2. The van der Waals surface area contributed by atoms with Crippen LogP contribution in [0.15, 0.2) is 12.4 Å². The quantitative estimate of drug-likeness (QED) is 0.437. The molecule has 16 heavy (non-hydrogen) atoms. The number of carbonyl (C=O) groups is 2. The molecule has 0 aliphatic heterocycles. The number of nitrogens with zero attached hydrogens (tertiary/aromatic N) is 2. The third kappa shape index (κ3) is 2.07. The lowest BCUT2D eigenvalue weighted by Crippen LogP contribution is -2.40. The lowest BCUT2D eigenvalue weighted by atomic mass is 10.2. The molecule has 0 N–H and O–H groups in total. The molecular weight excluding hydrogens is 222 g/mol. The summed E-state index contributed by atoms with van der Waals surface area (Å²) < 4.78 is 31.8. The number of imidazole rings is 1. The Balaban J connectivity index is 2.97.